The summed E-state index contributed by atoms with van der Waals surface area (Å²) >= 11 is 12.5. The summed E-state index contributed by atoms with van der Waals surface area (Å²) in [5, 5.41) is 1.23. The number of carbonyl (C=O) groups excluding carboxylic acids is 1. The first kappa shape index (κ1) is 25.9. The smallest absolute Gasteiger partial charge is 0.253 e. The maximum absolute atomic E-state index is 13.1. The molecule has 2 rings (SSSR count). The van der Waals surface area contributed by atoms with E-state index < -0.39 is 8.32 Å². The van der Waals surface area contributed by atoms with Crippen molar-refractivity contribution in [2.75, 3.05) is 19.7 Å². The fraction of sp³-hybridized carbons (Fsp3) is 0.480. The van der Waals surface area contributed by atoms with Crippen LogP contribution >= 0.6 is 23.2 Å². The predicted octanol–water partition coefficient (Wildman–Crippen LogP) is 7.65. The Morgan fingerprint density at radius 2 is 1.71 bits per heavy atom. The Morgan fingerprint density at radius 3 is 2.26 bits per heavy atom. The molecular formula is C25H35Cl2NO2Si. The number of benzene rings is 2. The molecule has 2 aromatic carbocycles. The minimum atomic E-state index is -1.84. The van der Waals surface area contributed by atoms with Crippen LogP contribution < -0.4 is 0 Å². The summed E-state index contributed by atoms with van der Waals surface area (Å²) in [4.78, 5) is 15.0. The quantitative estimate of drug-likeness (QED) is 0.345. The predicted molar refractivity (Wildman–Crippen MR) is 135 cm³/mol. The SMILES string of the molecule is CCN(CC(CCO[Si](C)(C)C(C)(C)C)c1ccc(Cl)c(Cl)c1)C(=O)c1ccccc1. The third-order valence-corrected chi connectivity index (χ3v) is 11.6. The zero-order chi connectivity index (χ0) is 23.2. The second-order valence-electron chi connectivity index (χ2n) is 9.48. The molecule has 0 aromatic heterocycles. The molecule has 1 amide bonds. The molecular weight excluding hydrogens is 445 g/mol. The van der Waals surface area contributed by atoms with Crippen molar-refractivity contribution in [2.24, 2.45) is 0 Å². The van der Waals surface area contributed by atoms with Crippen molar-refractivity contribution in [1.82, 2.24) is 4.90 Å². The van der Waals surface area contributed by atoms with E-state index in [1.54, 1.807) is 0 Å². The van der Waals surface area contributed by atoms with Gasteiger partial charge < -0.3 is 9.33 Å². The van der Waals surface area contributed by atoms with Crippen molar-refractivity contribution in [2.45, 2.75) is 58.2 Å². The standard InChI is InChI=1S/C25H35Cl2NO2Si/c1-7-28(24(29)19-11-9-8-10-12-19)18-21(20-13-14-22(26)23(27)17-20)15-16-30-31(5,6)25(2,3)4/h8-14,17,21H,7,15-16,18H2,1-6H3. The van der Waals surface area contributed by atoms with Crippen LogP contribution in [0.5, 0.6) is 0 Å². The summed E-state index contributed by atoms with van der Waals surface area (Å²) in [5.41, 5.74) is 1.78. The lowest BCUT2D eigenvalue weighted by atomic mass is 9.95. The van der Waals surface area contributed by atoms with Crippen LogP contribution in [0.1, 0.15) is 56.0 Å². The fourth-order valence-corrected chi connectivity index (χ4v) is 4.56. The van der Waals surface area contributed by atoms with E-state index in [9.17, 15) is 4.79 Å². The normalized spacial score (nSPS) is 13.2. The van der Waals surface area contributed by atoms with Crippen LogP contribution in [0.15, 0.2) is 48.5 Å². The Hall–Kier alpha value is -1.33. The molecule has 0 aliphatic heterocycles. The van der Waals surface area contributed by atoms with Gasteiger partial charge in [0, 0.05) is 31.2 Å². The highest BCUT2D eigenvalue weighted by molar-refractivity contribution is 6.74. The van der Waals surface area contributed by atoms with Crippen molar-refractivity contribution in [3.63, 3.8) is 0 Å². The van der Waals surface area contributed by atoms with Crippen LogP contribution in [0.4, 0.5) is 0 Å². The fourth-order valence-electron chi connectivity index (χ4n) is 3.19. The second-order valence-corrected chi connectivity index (χ2v) is 15.1. The van der Waals surface area contributed by atoms with Crippen LogP contribution in [-0.4, -0.2) is 38.8 Å². The van der Waals surface area contributed by atoms with Crippen LogP contribution in [0, 0.1) is 0 Å². The maximum atomic E-state index is 13.1. The van der Waals surface area contributed by atoms with Crippen molar-refractivity contribution in [3.8, 4) is 0 Å². The third-order valence-electron chi connectivity index (χ3n) is 6.28. The second kappa shape index (κ2) is 11.0. The molecule has 0 spiro atoms. The Bertz CT molecular complexity index is 866. The highest BCUT2D eigenvalue weighted by atomic mass is 35.5. The molecule has 0 saturated carbocycles. The van der Waals surface area contributed by atoms with E-state index in [2.05, 4.69) is 33.9 Å². The summed E-state index contributed by atoms with van der Waals surface area (Å²) < 4.78 is 6.44. The number of halogens is 2. The molecule has 0 aliphatic rings. The lowest BCUT2D eigenvalue weighted by molar-refractivity contribution is 0.0748. The average Bonchev–Trinajstić information content (AvgIpc) is 2.72. The van der Waals surface area contributed by atoms with E-state index in [-0.39, 0.29) is 16.9 Å². The molecule has 1 unspecified atom stereocenters. The largest absolute Gasteiger partial charge is 0.417 e. The third kappa shape index (κ3) is 7.08. The van der Waals surface area contributed by atoms with E-state index in [1.165, 1.54) is 0 Å². The molecule has 170 valence electrons. The van der Waals surface area contributed by atoms with Gasteiger partial charge in [0.25, 0.3) is 5.91 Å². The molecule has 0 N–H and O–H groups in total. The van der Waals surface area contributed by atoms with E-state index in [0.717, 1.165) is 12.0 Å². The van der Waals surface area contributed by atoms with Crippen molar-refractivity contribution in [3.05, 3.63) is 69.7 Å². The van der Waals surface area contributed by atoms with Gasteiger partial charge in [-0.2, -0.15) is 0 Å². The number of nitrogens with zero attached hydrogens (tertiary/aromatic N) is 1. The Kier molecular flexibility index (Phi) is 9.20. The first-order valence-electron chi connectivity index (χ1n) is 10.9. The van der Waals surface area contributed by atoms with Gasteiger partial charge in [0.15, 0.2) is 8.32 Å². The van der Waals surface area contributed by atoms with Crippen LogP contribution in [-0.2, 0) is 4.43 Å². The van der Waals surface area contributed by atoms with Gasteiger partial charge in [-0.25, -0.2) is 0 Å². The van der Waals surface area contributed by atoms with Crippen molar-refractivity contribution < 1.29 is 9.22 Å². The average molecular weight is 481 g/mol. The highest BCUT2D eigenvalue weighted by Crippen LogP contribution is 2.37. The van der Waals surface area contributed by atoms with E-state index in [4.69, 9.17) is 27.6 Å². The molecule has 0 bridgehead atoms. The van der Waals surface area contributed by atoms with E-state index in [0.29, 0.717) is 35.3 Å². The lowest BCUT2D eigenvalue weighted by Gasteiger charge is -2.37. The van der Waals surface area contributed by atoms with Gasteiger partial charge in [-0.1, -0.05) is 68.2 Å². The van der Waals surface area contributed by atoms with E-state index >= 15 is 0 Å². The zero-order valence-electron chi connectivity index (χ0n) is 19.5. The van der Waals surface area contributed by atoms with Gasteiger partial charge in [-0.15, -0.1) is 0 Å². The van der Waals surface area contributed by atoms with Gasteiger partial charge in [-0.3, -0.25) is 4.79 Å². The number of hydrogen-bond acceptors (Lipinski definition) is 2. The monoisotopic (exact) mass is 479 g/mol. The first-order chi connectivity index (χ1) is 14.5. The lowest BCUT2D eigenvalue weighted by Crippen LogP contribution is -2.41. The molecule has 0 aliphatic carbocycles. The molecule has 31 heavy (non-hydrogen) atoms. The van der Waals surface area contributed by atoms with Crippen LogP contribution in [0.25, 0.3) is 0 Å². The number of rotatable bonds is 9. The van der Waals surface area contributed by atoms with Gasteiger partial charge >= 0.3 is 0 Å². The molecule has 1 atom stereocenters. The Morgan fingerprint density at radius 1 is 1.06 bits per heavy atom. The Labute approximate surface area is 198 Å². The minimum absolute atomic E-state index is 0.0403. The molecule has 3 nitrogen and oxygen atoms in total. The highest BCUT2D eigenvalue weighted by Gasteiger charge is 2.37. The van der Waals surface area contributed by atoms with Crippen LogP contribution in [0.3, 0.4) is 0 Å². The first-order valence-corrected chi connectivity index (χ1v) is 14.6. The van der Waals surface area contributed by atoms with Crippen molar-refractivity contribution >= 4 is 37.4 Å². The number of amides is 1. The van der Waals surface area contributed by atoms with Gasteiger partial charge in [0.05, 0.1) is 10.0 Å². The van der Waals surface area contributed by atoms with E-state index in [1.807, 2.05) is 60.4 Å². The molecule has 0 saturated heterocycles. The van der Waals surface area contributed by atoms with Gasteiger partial charge in [0.2, 0.25) is 0 Å². The van der Waals surface area contributed by atoms with Gasteiger partial charge in [0.1, 0.15) is 0 Å². The topological polar surface area (TPSA) is 29.5 Å². The maximum Gasteiger partial charge on any atom is 0.253 e. The summed E-state index contributed by atoms with van der Waals surface area (Å²) in [7, 11) is -1.84. The Balaban J connectivity index is 2.22. The minimum Gasteiger partial charge on any atom is -0.417 e. The zero-order valence-corrected chi connectivity index (χ0v) is 22.1. The molecule has 2 aromatic rings. The van der Waals surface area contributed by atoms with Gasteiger partial charge in [-0.05, 0) is 61.3 Å². The molecule has 0 fully saturated rings. The molecule has 0 radical (unpaired) electrons. The summed E-state index contributed by atoms with van der Waals surface area (Å²) in [6, 6.07) is 15.2. The summed E-state index contributed by atoms with van der Waals surface area (Å²) in [6.45, 7) is 15.2. The number of carbonyl (C=O) groups is 1. The van der Waals surface area contributed by atoms with Crippen molar-refractivity contribution in [1.29, 1.82) is 0 Å². The summed E-state index contributed by atoms with van der Waals surface area (Å²) in [6.07, 6.45) is 0.809. The molecule has 0 heterocycles. The number of hydrogen-bond donors (Lipinski definition) is 0. The summed E-state index contributed by atoms with van der Waals surface area (Å²) in [5.74, 6) is 0.144. The van der Waals surface area contributed by atoms with Crippen LogP contribution in [0.2, 0.25) is 28.2 Å². The number of likely N-dealkylation sites (N-methyl/N-ethyl adjacent to an activating group) is 1. The molecule has 6 heteroatoms.